The molecule has 0 radical (unpaired) electrons. The molecule has 0 saturated carbocycles. The molecule has 0 aromatic carbocycles. The lowest BCUT2D eigenvalue weighted by Gasteiger charge is -2.34. The van der Waals surface area contributed by atoms with E-state index in [0.29, 0.717) is 0 Å². The SMILES string of the molecule is CC1CC(C)CN(Cn2ncn(C)c2=S)C1. The molecule has 1 aromatic heterocycles. The second kappa shape index (κ2) is 4.67. The first-order chi connectivity index (χ1) is 7.56. The van der Waals surface area contributed by atoms with E-state index < -0.39 is 0 Å². The largest absolute Gasteiger partial charge is 0.310 e. The predicted molar refractivity (Wildman–Crippen MR) is 66.6 cm³/mol. The lowest BCUT2D eigenvalue weighted by molar-refractivity contribution is 0.103. The molecule has 0 amide bonds. The Bertz CT molecular complexity index is 398. The van der Waals surface area contributed by atoms with Gasteiger partial charge in [-0.1, -0.05) is 13.8 Å². The van der Waals surface area contributed by atoms with Crippen LogP contribution >= 0.6 is 12.2 Å². The van der Waals surface area contributed by atoms with Crippen LogP contribution in [0.15, 0.2) is 6.33 Å². The summed E-state index contributed by atoms with van der Waals surface area (Å²) in [4.78, 5) is 2.45. The highest BCUT2D eigenvalue weighted by atomic mass is 32.1. The first-order valence-electron chi connectivity index (χ1n) is 5.87. The van der Waals surface area contributed by atoms with Crippen LogP contribution in [-0.4, -0.2) is 32.3 Å². The van der Waals surface area contributed by atoms with E-state index in [1.807, 2.05) is 16.3 Å². The Labute approximate surface area is 102 Å². The molecule has 1 fully saturated rings. The fourth-order valence-electron chi connectivity index (χ4n) is 2.61. The van der Waals surface area contributed by atoms with Crippen molar-refractivity contribution < 1.29 is 0 Å². The fourth-order valence-corrected chi connectivity index (χ4v) is 2.77. The average Bonchev–Trinajstić information content (AvgIpc) is 2.48. The van der Waals surface area contributed by atoms with E-state index in [4.69, 9.17) is 12.2 Å². The van der Waals surface area contributed by atoms with E-state index in [0.717, 1.165) is 36.4 Å². The number of hydrogen-bond acceptors (Lipinski definition) is 3. The molecule has 2 unspecified atom stereocenters. The summed E-state index contributed by atoms with van der Waals surface area (Å²) in [6.07, 6.45) is 3.11. The third kappa shape index (κ3) is 2.52. The maximum absolute atomic E-state index is 5.29. The summed E-state index contributed by atoms with van der Waals surface area (Å²) in [5.74, 6) is 1.56. The predicted octanol–water partition coefficient (Wildman–Crippen LogP) is 1.89. The minimum Gasteiger partial charge on any atom is -0.310 e. The monoisotopic (exact) mass is 240 g/mol. The van der Waals surface area contributed by atoms with Crippen molar-refractivity contribution in [2.45, 2.75) is 26.9 Å². The summed E-state index contributed by atoms with van der Waals surface area (Å²) >= 11 is 5.29. The van der Waals surface area contributed by atoms with Crippen molar-refractivity contribution in [3.8, 4) is 0 Å². The molecule has 2 heterocycles. The number of aromatic nitrogens is 3. The van der Waals surface area contributed by atoms with Crippen LogP contribution in [0.1, 0.15) is 20.3 Å². The van der Waals surface area contributed by atoms with E-state index in [2.05, 4.69) is 23.8 Å². The lowest BCUT2D eigenvalue weighted by atomic mass is 9.92. The van der Waals surface area contributed by atoms with E-state index in [-0.39, 0.29) is 0 Å². The third-order valence-electron chi connectivity index (χ3n) is 3.17. The summed E-state index contributed by atoms with van der Waals surface area (Å²) in [5, 5.41) is 4.29. The highest BCUT2D eigenvalue weighted by Crippen LogP contribution is 2.21. The molecule has 1 saturated heterocycles. The Balaban J connectivity index is 2.04. The first-order valence-corrected chi connectivity index (χ1v) is 6.28. The normalized spacial score (nSPS) is 27.2. The van der Waals surface area contributed by atoms with E-state index in [1.54, 1.807) is 6.33 Å². The van der Waals surface area contributed by atoms with Crippen LogP contribution in [0.3, 0.4) is 0 Å². The van der Waals surface area contributed by atoms with Crippen LogP contribution < -0.4 is 0 Å². The molecule has 2 atom stereocenters. The van der Waals surface area contributed by atoms with Crippen LogP contribution in [0.25, 0.3) is 0 Å². The summed E-state index contributed by atoms with van der Waals surface area (Å²) in [5.41, 5.74) is 0. The molecule has 0 N–H and O–H groups in total. The molecule has 4 nitrogen and oxygen atoms in total. The second-order valence-corrected chi connectivity index (χ2v) is 5.51. The Morgan fingerprint density at radius 2 is 2.00 bits per heavy atom. The Kier molecular flexibility index (Phi) is 3.44. The van der Waals surface area contributed by atoms with Crippen molar-refractivity contribution in [2.75, 3.05) is 13.1 Å². The summed E-state index contributed by atoms with van der Waals surface area (Å²) in [6.45, 7) is 7.78. The van der Waals surface area contributed by atoms with Crippen LogP contribution in [-0.2, 0) is 13.7 Å². The van der Waals surface area contributed by atoms with Gasteiger partial charge in [0.25, 0.3) is 0 Å². The molecular weight excluding hydrogens is 220 g/mol. The van der Waals surface area contributed by atoms with Gasteiger partial charge in [-0.2, -0.15) is 5.10 Å². The molecule has 0 bridgehead atoms. The minimum absolute atomic E-state index is 0.779. The smallest absolute Gasteiger partial charge is 0.198 e. The molecule has 90 valence electrons. The zero-order valence-electron chi connectivity index (χ0n) is 10.3. The van der Waals surface area contributed by atoms with Gasteiger partial charge in [0, 0.05) is 20.1 Å². The number of nitrogens with zero attached hydrogens (tertiary/aromatic N) is 4. The van der Waals surface area contributed by atoms with Gasteiger partial charge in [-0.25, -0.2) is 4.68 Å². The van der Waals surface area contributed by atoms with Crippen LogP contribution in [0.4, 0.5) is 0 Å². The van der Waals surface area contributed by atoms with Gasteiger partial charge in [0.05, 0.1) is 6.67 Å². The highest BCUT2D eigenvalue weighted by molar-refractivity contribution is 7.71. The molecule has 0 spiro atoms. The maximum Gasteiger partial charge on any atom is 0.198 e. The fraction of sp³-hybridized carbons (Fsp3) is 0.818. The van der Waals surface area contributed by atoms with Crippen molar-refractivity contribution in [1.82, 2.24) is 19.2 Å². The number of rotatable bonds is 2. The molecule has 5 heteroatoms. The van der Waals surface area contributed by atoms with Crippen LogP contribution in [0, 0.1) is 16.6 Å². The van der Waals surface area contributed by atoms with Crippen molar-refractivity contribution in [3.05, 3.63) is 11.1 Å². The van der Waals surface area contributed by atoms with Crippen molar-refractivity contribution in [2.24, 2.45) is 18.9 Å². The summed E-state index contributed by atoms with van der Waals surface area (Å²) in [6, 6.07) is 0. The van der Waals surface area contributed by atoms with Gasteiger partial charge in [0.1, 0.15) is 6.33 Å². The Morgan fingerprint density at radius 3 is 2.50 bits per heavy atom. The van der Waals surface area contributed by atoms with Crippen LogP contribution in [0.5, 0.6) is 0 Å². The van der Waals surface area contributed by atoms with Gasteiger partial charge in [0.15, 0.2) is 4.77 Å². The number of likely N-dealkylation sites (tertiary alicyclic amines) is 1. The average molecular weight is 240 g/mol. The molecule has 0 aliphatic carbocycles. The topological polar surface area (TPSA) is 26.0 Å². The van der Waals surface area contributed by atoms with Gasteiger partial charge >= 0.3 is 0 Å². The Morgan fingerprint density at radius 1 is 1.38 bits per heavy atom. The molecule has 2 rings (SSSR count). The summed E-state index contributed by atoms with van der Waals surface area (Å²) in [7, 11) is 1.94. The number of hydrogen-bond donors (Lipinski definition) is 0. The van der Waals surface area contributed by atoms with Gasteiger partial charge < -0.3 is 4.57 Å². The highest BCUT2D eigenvalue weighted by Gasteiger charge is 2.22. The van der Waals surface area contributed by atoms with E-state index in [9.17, 15) is 0 Å². The van der Waals surface area contributed by atoms with Crippen LogP contribution in [0.2, 0.25) is 0 Å². The van der Waals surface area contributed by atoms with Gasteiger partial charge in [-0.05, 0) is 30.5 Å². The van der Waals surface area contributed by atoms with Crippen molar-refractivity contribution in [1.29, 1.82) is 0 Å². The molecule has 1 aromatic rings. The second-order valence-electron chi connectivity index (χ2n) is 5.15. The van der Waals surface area contributed by atoms with Crippen molar-refractivity contribution in [3.63, 3.8) is 0 Å². The standard InChI is InChI=1S/C11H20N4S/c1-9-4-10(2)6-14(5-9)8-15-11(16)13(3)7-12-15/h7,9-10H,4-6,8H2,1-3H3. The minimum atomic E-state index is 0.779. The zero-order valence-corrected chi connectivity index (χ0v) is 11.1. The van der Waals surface area contributed by atoms with Gasteiger partial charge in [-0.3, -0.25) is 4.90 Å². The lowest BCUT2D eigenvalue weighted by Crippen LogP contribution is -2.39. The zero-order chi connectivity index (χ0) is 11.7. The molecule has 16 heavy (non-hydrogen) atoms. The molecule has 1 aliphatic rings. The quantitative estimate of drug-likeness (QED) is 0.738. The van der Waals surface area contributed by atoms with Gasteiger partial charge in [0.2, 0.25) is 0 Å². The maximum atomic E-state index is 5.29. The third-order valence-corrected chi connectivity index (χ3v) is 3.66. The number of aryl methyl sites for hydroxylation is 1. The van der Waals surface area contributed by atoms with Gasteiger partial charge in [-0.15, -0.1) is 0 Å². The molecule has 1 aliphatic heterocycles. The van der Waals surface area contributed by atoms with Crippen molar-refractivity contribution >= 4 is 12.2 Å². The van der Waals surface area contributed by atoms with E-state index >= 15 is 0 Å². The number of piperidine rings is 1. The first kappa shape index (κ1) is 11.8. The Hall–Kier alpha value is -0.680. The molecular formula is C11H20N4S. The summed E-state index contributed by atoms with van der Waals surface area (Å²) < 4.78 is 4.58. The van der Waals surface area contributed by atoms with E-state index in [1.165, 1.54) is 6.42 Å².